The van der Waals surface area contributed by atoms with Crippen molar-refractivity contribution in [2.75, 3.05) is 13.6 Å². The van der Waals surface area contributed by atoms with Gasteiger partial charge in [-0.1, -0.05) is 42.5 Å². The SMILES string of the molecule is CN(Cc1ccccc1)C(=O)CCN1C(=O)[C@H]2CC=CC[C@H]2C1=O. The standard InChI is InChI=1S/C19H22N2O3/c1-20(13-14-7-3-2-4-8-14)17(22)11-12-21-18(23)15-9-5-6-10-16(15)19(21)24/h2-8,15-16H,9-13H2,1H3/t15-,16+. The number of amides is 3. The van der Waals surface area contributed by atoms with Gasteiger partial charge in [0.25, 0.3) is 0 Å². The predicted octanol–water partition coefficient (Wildman–Crippen LogP) is 1.99. The molecule has 3 rings (SSSR count). The average Bonchev–Trinajstić information content (AvgIpc) is 2.85. The molecule has 1 fully saturated rings. The quantitative estimate of drug-likeness (QED) is 0.614. The Kier molecular flexibility index (Phi) is 4.79. The van der Waals surface area contributed by atoms with E-state index in [1.165, 1.54) is 4.90 Å². The van der Waals surface area contributed by atoms with Gasteiger partial charge in [-0.15, -0.1) is 0 Å². The third kappa shape index (κ3) is 3.25. The van der Waals surface area contributed by atoms with Crippen molar-refractivity contribution < 1.29 is 14.4 Å². The summed E-state index contributed by atoms with van der Waals surface area (Å²) in [6, 6.07) is 9.74. The Hall–Kier alpha value is -2.43. The molecule has 0 radical (unpaired) electrons. The van der Waals surface area contributed by atoms with E-state index in [0.29, 0.717) is 19.4 Å². The van der Waals surface area contributed by atoms with E-state index >= 15 is 0 Å². The van der Waals surface area contributed by atoms with E-state index in [1.54, 1.807) is 11.9 Å². The first-order valence-electron chi connectivity index (χ1n) is 8.36. The number of carbonyl (C=O) groups excluding carboxylic acids is 3. The fraction of sp³-hybridized carbons (Fsp3) is 0.421. The molecule has 0 saturated carbocycles. The van der Waals surface area contributed by atoms with E-state index in [4.69, 9.17) is 0 Å². The maximum Gasteiger partial charge on any atom is 0.233 e. The second-order valence-corrected chi connectivity index (χ2v) is 6.47. The molecule has 3 amide bonds. The number of benzene rings is 1. The zero-order valence-electron chi connectivity index (χ0n) is 13.9. The third-order valence-electron chi connectivity index (χ3n) is 4.84. The van der Waals surface area contributed by atoms with Crippen molar-refractivity contribution in [1.82, 2.24) is 9.80 Å². The van der Waals surface area contributed by atoms with Crippen molar-refractivity contribution in [3.63, 3.8) is 0 Å². The second-order valence-electron chi connectivity index (χ2n) is 6.47. The molecule has 1 heterocycles. The molecule has 0 bridgehead atoms. The minimum atomic E-state index is -0.223. The lowest BCUT2D eigenvalue weighted by Gasteiger charge is -2.20. The molecule has 0 N–H and O–H groups in total. The summed E-state index contributed by atoms with van der Waals surface area (Å²) in [6.45, 7) is 0.708. The highest BCUT2D eigenvalue weighted by molar-refractivity contribution is 6.05. The van der Waals surface area contributed by atoms with Crippen LogP contribution in [0.25, 0.3) is 0 Å². The van der Waals surface area contributed by atoms with Crippen LogP contribution >= 0.6 is 0 Å². The number of imide groups is 1. The number of likely N-dealkylation sites (tertiary alicyclic amines) is 1. The molecule has 1 aromatic carbocycles. The molecule has 5 nitrogen and oxygen atoms in total. The predicted molar refractivity (Wildman–Crippen MR) is 89.6 cm³/mol. The van der Waals surface area contributed by atoms with Crippen LogP contribution in [0.2, 0.25) is 0 Å². The van der Waals surface area contributed by atoms with Crippen molar-refractivity contribution in [2.45, 2.75) is 25.8 Å². The molecule has 1 aliphatic carbocycles. The van der Waals surface area contributed by atoms with Crippen LogP contribution in [0.1, 0.15) is 24.8 Å². The first-order valence-corrected chi connectivity index (χ1v) is 8.36. The van der Waals surface area contributed by atoms with Crippen LogP contribution in [0.3, 0.4) is 0 Å². The van der Waals surface area contributed by atoms with Gasteiger partial charge in [0.05, 0.1) is 11.8 Å². The number of allylic oxidation sites excluding steroid dienone is 2. The van der Waals surface area contributed by atoms with Gasteiger partial charge >= 0.3 is 0 Å². The van der Waals surface area contributed by atoms with Crippen molar-refractivity contribution in [2.24, 2.45) is 11.8 Å². The van der Waals surface area contributed by atoms with Gasteiger partial charge in [-0.05, 0) is 18.4 Å². The summed E-state index contributed by atoms with van der Waals surface area (Å²) in [7, 11) is 1.74. The summed E-state index contributed by atoms with van der Waals surface area (Å²) >= 11 is 0. The fourth-order valence-electron chi connectivity index (χ4n) is 3.43. The van der Waals surface area contributed by atoms with Crippen LogP contribution in [0.15, 0.2) is 42.5 Å². The Balaban J connectivity index is 1.54. The van der Waals surface area contributed by atoms with Gasteiger partial charge in [0.1, 0.15) is 0 Å². The summed E-state index contributed by atoms with van der Waals surface area (Å²) in [4.78, 5) is 40.0. The van der Waals surface area contributed by atoms with E-state index in [-0.39, 0.29) is 42.5 Å². The Bertz CT molecular complexity index is 642. The minimum absolute atomic E-state index is 0.0625. The van der Waals surface area contributed by atoms with Crippen LogP contribution in [-0.4, -0.2) is 41.1 Å². The van der Waals surface area contributed by atoms with E-state index in [9.17, 15) is 14.4 Å². The first-order chi connectivity index (χ1) is 11.6. The number of fused-ring (bicyclic) bond motifs is 1. The number of hydrogen-bond acceptors (Lipinski definition) is 3. The number of carbonyl (C=O) groups is 3. The van der Waals surface area contributed by atoms with Crippen LogP contribution in [-0.2, 0) is 20.9 Å². The molecule has 0 unspecified atom stereocenters. The van der Waals surface area contributed by atoms with Crippen LogP contribution in [0.5, 0.6) is 0 Å². The van der Waals surface area contributed by atoms with Crippen LogP contribution < -0.4 is 0 Å². The maximum atomic E-state index is 12.4. The third-order valence-corrected chi connectivity index (χ3v) is 4.84. The van der Waals surface area contributed by atoms with Gasteiger partial charge in [-0.25, -0.2) is 0 Å². The molecule has 0 spiro atoms. The van der Waals surface area contributed by atoms with Crippen molar-refractivity contribution >= 4 is 17.7 Å². The Morgan fingerprint density at radius 2 is 1.67 bits per heavy atom. The smallest absolute Gasteiger partial charge is 0.233 e. The largest absolute Gasteiger partial charge is 0.341 e. The van der Waals surface area contributed by atoms with Crippen molar-refractivity contribution in [1.29, 1.82) is 0 Å². The number of rotatable bonds is 5. The summed E-state index contributed by atoms with van der Waals surface area (Å²) in [6.07, 6.45) is 5.37. The van der Waals surface area contributed by atoms with Gasteiger partial charge in [0, 0.05) is 26.6 Å². The van der Waals surface area contributed by atoms with Gasteiger partial charge in [-0.3, -0.25) is 19.3 Å². The fourth-order valence-corrected chi connectivity index (χ4v) is 3.43. The topological polar surface area (TPSA) is 57.7 Å². The van der Waals surface area contributed by atoms with Gasteiger partial charge in [-0.2, -0.15) is 0 Å². The second kappa shape index (κ2) is 6.99. The summed E-state index contributed by atoms with van der Waals surface area (Å²) in [5.41, 5.74) is 1.05. The molecule has 2 atom stereocenters. The highest BCUT2D eigenvalue weighted by atomic mass is 16.2. The van der Waals surface area contributed by atoms with E-state index < -0.39 is 0 Å². The Morgan fingerprint density at radius 3 is 2.25 bits per heavy atom. The first kappa shape index (κ1) is 16.4. The monoisotopic (exact) mass is 326 g/mol. The lowest BCUT2D eigenvalue weighted by molar-refractivity contribution is -0.140. The zero-order valence-corrected chi connectivity index (χ0v) is 13.9. The van der Waals surface area contributed by atoms with E-state index in [0.717, 1.165) is 5.56 Å². The van der Waals surface area contributed by atoms with Crippen molar-refractivity contribution in [3.05, 3.63) is 48.0 Å². The zero-order chi connectivity index (χ0) is 17.1. The Morgan fingerprint density at radius 1 is 1.08 bits per heavy atom. The minimum Gasteiger partial charge on any atom is -0.341 e. The molecule has 1 aromatic rings. The van der Waals surface area contributed by atoms with E-state index in [1.807, 2.05) is 42.5 Å². The molecular formula is C19H22N2O3. The molecule has 1 aliphatic heterocycles. The number of nitrogens with zero attached hydrogens (tertiary/aromatic N) is 2. The van der Waals surface area contributed by atoms with Crippen LogP contribution in [0, 0.1) is 11.8 Å². The number of hydrogen-bond donors (Lipinski definition) is 0. The molecule has 5 heteroatoms. The molecule has 2 aliphatic rings. The highest BCUT2D eigenvalue weighted by Crippen LogP contribution is 2.35. The van der Waals surface area contributed by atoms with E-state index in [2.05, 4.69) is 0 Å². The molecule has 0 aromatic heterocycles. The van der Waals surface area contributed by atoms with Crippen LogP contribution in [0.4, 0.5) is 0 Å². The summed E-state index contributed by atoms with van der Waals surface area (Å²) < 4.78 is 0. The molecule has 24 heavy (non-hydrogen) atoms. The maximum absolute atomic E-state index is 12.4. The molecule has 1 saturated heterocycles. The summed E-state index contributed by atoms with van der Waals surface area (Å²) in [5, 5.41) is 0. The van der Waals surface area contributed by atoms with Crippen molar-refractivity contribution in [3.8, 4) is 0 Å². The molecular weight excluding hydrogens is 304 g/mol. The lowest BCUT2D eigenvalue weighted by Crippen LogP contribution is -2.36. The average molecular weight is 326 g/mol. The lowest BCUT2D eigenvalue weighted by atomic mass is 9.85. The Labute approximate surface area is 141 Å². The van der Waals surface area contributed by atoms with Gasteiger partial charge < -0.3 is 4.90 Å². The van der Waals surface area contributed by atoms with Gasteiger partial charge in [0.15, 0.2) is 0 Å². The normalized spacial score (nSPS) is 22.6. The summed E-state index contributed by atoms with van der Waals surface area (Å²) in [5.74, 6) is -0.743. The van der Waals surface area contributed by atoms with Gasteiger partial charge in [0.2, 0.25) is 17.7 Å². The molecule has 126 valence electrons. The highest BCUT2D eigenvalue weighted by Gasteiger charge is 2.46.